The highest BCUT2D eigenvalue weighted by atomic mass is 16.6. The molecule has 0 aliphatic carbocycles. The maximum atomic E-state index is 10.4. The Kier molecular flexibility index (Phi) is 3.99. The summed E-state index contributed by atoms with van der Waals surface area (Å²) in [6.45, 7) is 2.28. The number of rotatable bonds is 3. The average Bonchev–Trinajstić information content (AvgIpc) is 2.29. The van der Waals surface area contributed by atoms with E-state index in [9.17, 15) is 10.1 Å². The summed E-state index contributed by atoms with van der Waals surface area (Å²) >= 11 is 0. The van der Waals surface area contributed by atoms with Gasteiger partial charge in [-0.15, -0.1) is 0 Å². The molecule has 0 radical (unpaired) electrons. The van der Waals surface area contributed by atoms with Gasteiger partial charge < -0.3 is 0 Å². The number of nitro benzene ring substituents is 1. The molecule has 0 bridgehead atoms. The van der Waals surface area contributed by atoms with E-state index in [1.165, 1.54) is 24.3 Å². The van der Waals surface area contributed by atoms with E-state index in [1.54, 1.807) is 6.92 Å². The molecule has 0 fully saturated rings. The monoisotopic (exact) mass is 219 g/mol. The molecule has 0 amide bonds. The third kappa shape index (κ3) is 2.79. The summed E-state index contributed by atoms with van der Waals surface area (Å²) in [5, 5.41) is 13.8. The average molecular weight is 219 g/mol. The van der Waals surface area contributed by atoms with Crippen LogP contribution in [-0.2, 0) is 0 Å². The molecular formula is C9H9N5O2. The van der Waals surface area contributed by atoms with Crippen molar-refractivity contribution in [2.24, 2.45) is 10.1 Å². The number of amidine groups is 1. The smallest absolute Gasteiger partial charge is 0.269 e. The van der Waals surface area contributed by atoms with Crippen LogP contribution in [0.3, 0.4) is 0 Å². The molecule has 7 nitrogen and oxygen atoms in total. The molecule has 1 rings (SSSR count). The molecular weight excluding hydrogens is 210 g/mol. The van der Waals surface area contributed by atoms with Gasteiger partial charge in [0.1, 0.15) is 5.84 Å². The first-order valence-corrected chi connectivity index (χ1v) is 4.53. The van der Waals surface area contributed by atoms with Gasteiger partial charge in [-0.25, -0.2) is 0 Å². The topological polar surface area (TPSA) is 104 Å². The van der Waals surface area contributed by atoms with Gasteiger partial charge in [0.2, 0.25) is 0 Å². The molecule has 82 valence electrons. The number of nitro groups is 1. The summed E-state index contributed by atoms with van der Waals surface area (Å²) < 4.78 is 0. The first-order chi connectivity index (χ1) is 7.69. The summed E-state index contributed by atoms with van der Waals surface area (Å²) in [5.74, 6) is 0.236. The standard InChI is InChI=1S/C9H9N5O2/c1-2-11-9(12-13-10)7-3-5-8(6-4-7)14(15)16/h3-6H,2H2,1H3. The van der Waals surface area contributed by atoms with Crippen LogP contribution in [-0.4, -0.2) is 17.3 Å². The Labute approximate surface area is 91.2 Å². The van der Waals surface area contributed by atoms with Gasteiger partial charge in [-0.3, -0.25) is 15.1 Å². The third-order valence-electron chi connectivity index (χ3n) is 1.78. The zero-order chi connectivity index (χ0) is 12.0. The quantitative estimate of drug-likeness (QED) is 0.148. The third-order valence-corrected chi connectivity index (χ3v) is 1.78. The molecule has 0 unspecified atom stereocenters. The maximum absolute atomic E-state index is 10.4. The minimum atomic E-state index is -0.492. The number of aliphatic imine (C=N–C) groups is 1. The predicted molar refractivity (Wildman–Crippen MR) is 59.3 cm³/mol. The molecule has 7 heteroatoms. The van der Waals surface area contributed by atoms with E-state index in [4.69, 9.17) is 5.53 Å². The Bertz CT molecular complexity index is 459. The van der Waals surface area contributed by atoms with Gasteiger partial charge >= 0.3 is 0 Å². The molecule has 0 heterocycles. The number of hydrogen-bond acceptors (Lipinski definition) is 3. The molecule has 0 atom stereocenters. The molecule has 1 aromatic rings. The van der Waals surface area contributed by atoms with E-state index in [2.05, 4.69) is 15.0 Å². The lowest BCUT2D eigenvalue weighted by atomic mass is 10.2. The van der Waals surface area contributed by atoms with Crippen molar-refractivity contribution in [2.75, 3.05) is 6.54 Å². The maximum Gasteiger partial charge on any atom is 0.269 e. The Morgan fingerprint density at radius 3 is 2.56 bits per heavy atom. The first kappa shape index (κ1) is 11.7. The summed E-state index contributed by atoms with van der Waals surface area (Å²) in [5.41, 5.74) is 8.88. The van der Waals surface area contributed by atoms with Crippen molar-refractivity contribution in [3.8, 4) is 0 Å². The highest BCUT2D eigenvalue weighted by Crippen LogP contribution is 2.13. The molecule has 0 aromatic heterocycles. The minimum absolute atomic E-state index is 0.0134. The van der Waals surface area contributed by atoms with Crippen LogP contribution in [0.4, 0.5) is 5.69 Å². The fourth-order valence-corrected chi connectivity index (χ4v) is 1.10. The summed E-state index contributed by atoms with van der Waals surface area (Å²) in [4.78, 5) is 16.6. The zero-order valence-electron chi connectivity index (χ0n) is 8.57. The fraction of sp³-hybridized carbons (Fsp3) is 0.222. The van der Waals surface area contributed by atoms with Crippen LogP contribution in [0, 0.1) is 10.1 Å². The lowest BCUT2D eigenvalue weighted by Gasteiger charge is -1.99. The number of nitrogens with zero attached hydrogens (tertiary/aromatic N) is 5. The Balaban J connectivity index is 3.08. The lowest BCUT2D eigenvalue weighted by molar-refractivity contribution is -0.384. The molecule has 0 aliphatic heterocycles. The van der Waals surface area contributed by atoms with Gasteiger partial charge in [0.15, 0.2) is 0 Å². The normalized spacial score (nSPS) is 10.7. The van der Waals surface area contributed by atoms with Crippen molar-refractivity contribution < 1.29 is 4.92 Å². The lowest BCUT2D eigenvalue weighted by Crippen LogP contribution is -1.97. The van der Waals surface area contributed by atoms with Crippen molar-refractivity contribution in [3.05, 3.63) is 50.4 Å². The predicted octanol–water partition coefficient (Wildman–Crippen LogP) is 2.67. The van der Waals surface area contributed by atoms with E-state index >= 15 is 0 Å². The van der Waals surface area contributed by atoms with Crippen LogP contribution in [0.25, 0.3) is 10.4 Å². The van der Waals surface area contributed by atoms with Crippen molar-refractivity contribution in [3.63, 3.8) is 0 Å². The first-order valence-electron chi connectivity index (χ1n) is 4.53. The van der Waals surface area contributed by atoms with Crippen LogP contribution in [0.5, 0.6) is 0 Å². The van der Waals surface area contributed by atoms with Crippen molar-refractivity contribution in [1.82, 2.24) is 0 Å². The Hall–Kier alpha value is -2.40. The van der Waals surface area contributed by atoms with Gasteiger partial charge in [-0.05, 0) is 29.7 Å². The molecule has 0 saturated carbocycles. The van der Waals surface area contributed by atoms with Crippen LogP contribution >= 0.6 is 0 Å². The van der Waals surface area contributed by atoms with Crippen LogP contribution < -0.4 is 0 Å². The molecule has 0 N–H and O–H groups in total. The number of azide groups is 1. The molecule has 0 aliphatic rings. The van der Waals surface area contributed by atoms with Crippen LogP contribution in [0.2, 0.25) is 0 Å². The van der Waals surface area contributed by atoms with Gasteiger partial charge in [0, 0.05) is 29.2 Å². The SMILES string of the molecule is CCN=C(N=[N+]=[N-])c1ccc([N+](=O)[O-])cc1. The van der Waals surface area contributed by atoms with Gasteiger partial charge in [0.25, 0.3) is 5.69 Å². The Morgan fingerprint density at radius 2 is 2.12 bits per heavy atom. The second-order valence-electron chi connectivity index (χ2n) is 2.79. The summed E-state index contributed by atoms with van der Waals surface area (Å²) in [6.07, 6.45) is 0. The Morgan fingerprint density at radius 1 is 1.50 bits per heavy atom. The summed E-state index contributed by atoms with van der Waals surface area (Å²) in [7, 11) is 0. The molecule has 0 spiro atoms. The molecule has 1 aromatic carbocycles. The number of non-ortho nitro benzene ring substituents is 1. The zero-order valence-corrected chi connectivity index (χ0v) is 8.57. The van der Waals surface area contributed by atoms with E-state index in [1.807, 2.05) is 0 Å². The van der Waals surface area contributed by atoms with E-state index < -0.39 is 4.92 Å². The van der Waals surface area contributed by atoms with Gasteiger partial charge in [-0.2, -0.15) is 0 Å². The second kappa shape index (κ2) is 5.47. The second-order valence-corrected chi connectivity index (χ2v) is 2.79. The summed E-state index contributed by atoms with van der Waals surface area (Å²) in [6, 6.07) is 5.68. The number of benzene rings is 1. The minimum Gasteiger partial charge on any atom is -0.283 e. The van der Waals surface area contributed by atoms with Crippen LogP contribution in [0.15, 0.2) is 34.4 Å². The van der Waals surface area contributed by atoms with Crippen LogP contribution in [0.1, 0.15) is 12.5 Å². The van der Waals surface area contributed by atoms with Gasteiger partial charge in [0.05, 0.1) is 4.92 Å². The largest absolute Gasteiger partial charge is 0.283 e. The molecule has 0 saturated heterocycles. The van der Waals surface area contributed by atoms with E-state index in [0.717, 1.165) is 0 Å². The highest BCUT2D eigenvalue weighted by molar-refractivity contribution is 5.99. The van der Waals surface area contributed by atoms with E-state index in [0.29, 0.717) is 12.1 Å². The van der Waals surface area contributed by atoms with Crippen molar-refractivity contribution in [1.29, 1.82) is 0 Å². The van der Waals surface area contributed by atoms with Crippen molar-refractivity contribution in [2.45, 2.75) is 6.92 Å². The van der Waals surface area contributed by atoms with E-state index in [-0.39, 0.29) is 11.5 Å². The molecule has 16 heavy (non-hydrogen) atoms. The van der Waals surface area contributed by atoms with Gasteiger partial charge in [-0.1, -0.05) is 0 Å². The number of hydrogen-bond donors (Lipinski definition) is 0. The fourth-order valence-electron chi connectivity index (χ4n) is 1.10. The highest BCUT2D eigenvalue weighted by Gasteiger charge is 2.06. The van der Waals surface area contributed by atoms with Crippen molar-refractivity contribution >= 4 is 11.5 Å².